The number of aromatic nitrogens is 1. The minimum Gasteiger partial charge on any atom is -0.508 e. The molecular weight excluding hydrogens is 1260 g/mol. The van der Waals surface area contributed by atoms with Gasteiger partial charge in [-0.15, -0.1) is 11.8 Å². The lowest BCUT2D eigenvalue weighted by Crippen LogP contribution is -2.62. The van der Waals surface area contributed by atoms with Crippen LogP contribution in [0.15, 0.2) is 47.5 Å². The van der Waals surface area contributed by atoms with Gasteiger partial charge in [-0.1, -0.05) is 60.1 Å². The number of aliphatic hydroxyl groups is 3. The van der Waals surface area contributed by atoms with Crippen molar-refractivity contribution in [1.82, 2.24) is 68.0 Å². The van der Waals surface area contributed by atoms with Crippen LogP contribution in [0.1, 0.15) is 91.7 Å². The lowest BCUT2D eigenvalue weighted by Gasteiger charge is -2.33. The number of nitrogens with zero attached hydrogens (tertiary/aromatic N) is 2. The average molecular weight is 1350 g/mol. The topological polar surface area (TPSA) is 474 Å². The molecule has 2 bridgehead atoms. The van der Waals surface area contributed by atoms with Gasteiger partial charge in [0, 0.05) is 80.0 Å². The first-order valence-corrected chi connectivity index (χ1v) is 32.3. The number of fused-ring (bicyclic) bond motifs is 5. The lowest BCUT2D eigenvalue weighted by molar-refractivity contribution is -0.144. The summed E-state index contributed by atoms with van der Waals surface area (Å²) in [4.78, 5) is 198. The van der Waals surface area contributed by atoms with Crippen molar-refractivity contribution < 1.29 is 87.5 Å². The van der Waals surface area contributed by atoms with Crippen molar-refractivity contribution >= 4 is 111 Å². The van der Waals surface area contributed by atoms with Crippen molar-refractivity contribution in [2.45, 2.75) is 159 Å². The molecule has 3 aromatic rings. The molecule has 32 nitrogen and oxygen atoms in total. The van der Waals surface area contributed by atoms with Gasteiger partial charge in [-0.3, -0.25) is 72.0 Å². The molecule has 4 aliphatic heterocycles. The van der Waals surface area contributed by atoms with Crippen molar-refractivity contribution in [3.8, 4) is 5.75 Å². The van der Waals surface area contributed by atoms with Gasteiger partial charge in [0.15, 0.2) is 0 Å². The number of phenolic OH excluding ortho intramolecular Hbond substituents is 1. The minimum atomic E-state index is -1.87. The maximum Gasteiger partial charge on any atom is 0.246 e. The van der Waals surface area contributed by atoms with Crippen LogP contribution in [0, 0.1) is 23.7 Å². The van der Waals surface area contributed by atoms with Crippen molar-refractivity contribution in [3.63, 3.8) is 0 Å². The highest BCUT2D eigenvalue weighted by atomic mass is 32.2. The predicted molar refractivity (Wildman–Crippen MR) is 339 cm³/mol. The van der Waals surface area contributed by atoms with E-state index < -0.39 is 201 Å². The van der Waals surface area contributed by atoms with E-state index in [1.165, 1.54) is 44.2 Å². The number of aromatic hydroxyl groups is 1. The number of phenols is 1. The molecule has 0 radical (unpaired) electrons. The van der Waals surface area contributed by atoms with Crippen LogP contribution < -0.4 is 58.5 Å². The monoisotopic (exact) mass is 1340 g/mol. The Balaban J connectivity index is 1.14. The SMILES string of the molecule is CC[C@H](C)[C@@H]1NC(=O)CNC(=O)[C@@H]2Cc3c([nH]c4cc(O)ccc34)SC[C@H](NC(=O)CNC1=O)C(=O)N[C@@H](CC(=O)NCc1ccc(NC(=O)[C@H](C)NC(=O)[C@@H](NC(=O)CCN3C(=O)CC(C)C3=O)C(C)C)cc1)C(=O)N1C[C@H](O)C[C@H]1C(=O)N[C@@H]([C@@H](C)[C@@H](O)CO)C(=O)N2. The number of H-pyrrole nitrogens is 1. The molecule has 0 aliphatic carbocycles. The Hall–Kier alpha value is -9.21. The molecule has 2 fully saturated rings. The summed E-state index contributed by atoms with van der Waals surface area (Å²) >= 11 is 0.914. The first-order valence-electron chi connectivity index (χ1n) is 31.4. The Morgan fingerprint density at radius 1 is 0.737 bits per heavy atom. The number of benzene rings is 2. The molecule has 2 aromatic carbocycles. The molecule has 95 heavy (non-hydrogen) atoms. The van der Waals surface area contributed by atoms with E-state index in [9.17, 15) is 82.8 Å². The zero-order chi connectivity index (χ0) is 69.7. The zero-order valence-corrected chi connectivity index (χ0v) is 54.4. The molecule has 33 heteroatoms. The van der Waals surface area contributed by atoms with Crippen molar-refractivity contribution in [2.24, 2.45) is 23.7 Å². The molecule has 0 saturated carbocycles. The smallest absolute Gasteiger partial charge is 0.246 e. The quantitative estimate of drug-likeness (QED) is 0.0544. The number of hydrogen-bond acceptors (Lipinski definition) is 19. The summed E-state index contributed by atoms with van der Waals surface area (Å²) in [6, 6.07) is -1.71. The molecule has 7 rings (SSSR count). The maximum atomic E-state index is 15.0. The molecule has 0 spiro atoms. The van der Waals surface area contributed by atoms with E-state index in [-0.39, 0.29) is 60.0 Å². The van der Waals surface area contributed by atoms with E-state index in [0.717, 1.165) is 21.6 Å². The number of aromatic amines is 1. The Bertz CT molecular complexity index is 3440. The van der Waals surface area contributed by atoms with Crippen LogP contribution in [0.4, 0.5) is 5.69 Å². The number of nitrogens with one attached hydrogen (secondary N) is 12. The molecule has 1 unspecified atom stereocenters. The molecule has 14 amide bonds. The summed E-state index contributed by atoms with van der Waals surface area (Å²) in [6.07, 6.45) is -4.58. The lowest BCUT2D eigenvalue weighted by atomic mass is 9.93. The Kier molecular flexibility index (Phi) is 25.2. The van der Waals surface area contributed by atoms with Crippen LogP contribution in [-0.4, -0.2) is 217 Å². The zero-order valence-electron chi connectivity index (χ0n) is 53.6. The largest absolute Gasteiger partial charge is 0.508 e. The molecule has 16 N–H and O–H groups in total. The highest BCUT2D eigenvalue weighted by Gasteiger charge is 2.45. The second-order valence-electron chi connectivity index (χ2n) is 24.7. The second kappa shape index (κ2) is 32.8. The van der Waals surface area contributed by atoms with Gasteiger partial charge in [0.05, 0.1) is 48.9 Å². The van der Waals surface area contributed by atoms with Crippen molar-refractivity contribution in [3.05, 3.63) is 53.6 Å². The fourth-order valence-corrected chi connectivity index (χ4v) is 12.3. The predicted octanol–water partition coefficient (Wildman–Crippen LogP) is -3.74. The summed E-state index contributed by atoms with van der Waals surface area (Å²) in [5.41, 5.74) is 1.33. The highest BCUT2D eigenvalue weighted by Crippen LogP contribution is 2.34. The van der Waals surface area contributed by atoms with E-state index >= 15 is 4.79 Å². The summed E-state index contributed by atoms with van der Waals surface area (Å²) in [5, 5.41) is 71.7. The number of thioether (sulfide) groups is 1. The van der Waals surface area contributed by atoms with Crippen molar-refractivity contribution in [1.29, 1.82) is 0 Å². The second-order valence-corrected chi connectivity index (χ2v) is 25.7. The number of likely N-dealkylation sites (tertiary alicyclic amines) is 1. The van der Waals surface area contributed by atoms with E-state index in [0.29, 0.717) is 28.5 Å². The highest BCUT2D eigenvalue weighted by molar-refractivity contribution is 7.99. The summed E-state index contributed by atoms with van der Waals surface area (Å²) < 4.78 is 0. The summed E-state index contributed by atoms with van der Waals surface area (Å²) in [7, 11) is 0. The number of hydrogen-bond donors (Lipinski definition) is 16. The molecular formula is C62H84N14O18S. The Labute approximate surface area is 550 Å². The van der Waals surface area contributed by atoms with Gasteiger partial charge >= 0.3 is 0 Å². The molecule has 4 aliphatic rings. The molecule has 13 atom stereocenters. The fraction of sp³-hybridized carbons (Fsp3) is 0.548. The molecule has 1 aromatic heterocycles. The number of amides is 14. The summed E-state index contributed by atoms with van der Waals surface area (Å²) in [6.45, 7) is 7.84. The van der Waals surface area contributed by atoms with Crippen LogP contribution in [-0.2, 0) is 80.1 Å². The van der Waals surface area contributed by atoms with Crippen LogP contribution >= 0.6 is 11.8 Å². The number of aliphatic hydroxyl groups excluding tert-OH is 3. The van der Waals surface area contributed by atoms with Gasteiger partial charge in [-0.25, -0.2) is 0 Å². The van der Waals surface area contributed by atoms with Gasteiger partial charge in [0.2, 0.25) is 82.7 Å². The van der Waals surface area contributed by atoms with Crippen LogP contribution in [0.25, 0.3) is 10.9 Å². The number of anilines is 1. The number of imide groups is 1. The van der Waals surface area contributed by atoms with Gasteiger partial charge in [0.1, 0.15) is 54.1 Å². The fourth-order valence-electron chi connectivity index (χ4n) is 11.2. The first kappa shape index (κ1) is 73.2. The number of rotatable bonds is 18. The summed E-state index contributed by atoms with van der Waals surface area (Å²) in [5.74, 6) is -14.7. The third kappa shape index (κ3) is 19.0. The van der Waals surface area contributed by atoms with Crippen LogP contribution in [0.5, 0.6) is 5.75 Å². The minimum absolute atomic E-state index is 0.0498. The third-order valence-corrected chi connectivity index (χ3v) is 18.3. The first-order chi connectivity index (χ1) is 45.0. The van der Waals surface area contributed by atoms with Crippen LogP contribution in [0.2, 0.25) is 0 Å². The third-order valence-electron chi connectivity index (χ3n) is 17.1. The molecule has 5 heterocycles. The van der Waals surface area contributed by atoms with Crippen LogP contribution in [0.3, 0.4) is 0 Å². The van der Waals surface area contributed by atoms with Gasteiger partial charge in [0.25, 0.3) is 0 Å². The van der Waals surface area contributed by atoms with E-state index in [2.05, 4.69) is 63.5 Å². The van der Waals surface area contributed by atoms with E-state index in [1.807, 2.05) is 0 Å². The standard InChI is InChI=1S/C62H84N14O18S/c1-8-29(4)51-57(90)65-23-47(83)68-42-27-95-60-38(37-14-13-35(78)18-39(37)71-60)20-40(54(87)64-24-48(84)73-51)69-59(92)52(31(6)44(80)26-77)74-56(89)43-19-36(79)25-76(43)62(94)41(70-55(42)88)21-46(82)63-22-33-9-11-34(12-10-33)67-53(86)32(7)66-58(91)50(28(2)3)72-45(81)15-16-75-49(85)17-30(5)61(75)93/h9-14,18,28-32,36,40-44,50-52,71,77-80H,8,15-17,19-27H2,1-7H3,(H,63,82)(H,64,87)(H,65,90)(H,66,91)(H,67,86)(H,68,83)(H,69,92)(H,70,88)(H,72,81)(H,73,84)(H,74,89)/t29-,30?,31-,32-,36+,40-,41-,42-,43-,44-,50-,51-,52-/m0/s1. The Morgan fingerprint density at radius 2 is 1.42 bits per heavy atom. The molecule has 516 valence electrons. The van der Waals surface area contributed by atoms with E-state index in [4.69, 9.17) is 0 Å². The van der Waals surface area contributed by atoms with Gasteiger partial charge in [-0.05, 0) is 54.2 Å². The number of carbonyl (C=O) groups is 14. The maximum absolute atomic E-state index is 15.0. The van der Waals surface area contributed by atoms with Gasteiger partial charge in [-0.2, -0.15) is 0 Å². The number of carbonyl (C=O) groups excluding carboxylic acids is 14. The Morgan fingerprint density at radius 3 is 2.07 bits per heavy atom. The van der Waals surface area contributed by atoms with Gasteiger partial charge < -0.3 is 88.8 Å². The average Bonchev–Trinajstić information content (AvgIpc) is 1.67. The van der Waals surface area contributed by atoms with E-state index in [1.54, 1.807) is 46.8 Å². The normalized spacial score (nSPS) is 24.5. The van der Waals surface area contributed by atoms with Crippen molar-refractivity contribution in [2.75, 3.05) is 43.9 Å². The molecule has 2 saturated heterocycles.